The van der Waals surface area contributed by atoms with Crippen LogP contribution in [0.5, 0.6) is 0 Å². The Balaban J connectivity index is 2.21. The van der Waals surface area contributed by atoms with E-state index in [1.807, 2.05) is 11.8 Å². The second kappa shape index (κ2) is 7.56. The van der Waals surface area contributed by atoms with Crippen molar-refractivity contribution in [3.63, 3.8) is 0 Å². The highest BCUT2D eigenvalue weighted by Gasteiger charge is 2.10. The molecule has 0 radical (unpaired) electrons. The average molecular weight is 273 g/mol. The smallest absolute Gasteiger partial charge is 0.0412 e. The molecule has 2 aromatic rings. The molecule has 0 bridgehead atoms. The highest BCUT2D eigenvalue weighted by Crippen LogP contribution is 2.23. The van der Waals surface area contributed by atoms with Crippen molar-refractivity contribution in [2.75, 3.05) is 18.1 Å². The summed E-state index contributed by atoms with van der Waals surface area (Å²) in [5.41, 5.74) is 1.41. The van der Waals surface area contributed by atoms with E-state index in [2.05, 4.69) is 61.6 Å². The second-order valence-electron chi connectivity index (χ2n) is 4.77. The van der Waals surface area contributed by atoms with Crippen molar-refractivity contribution in [3.8, 4) is 0 Å². The minimum Gasteiger partial charge on any atom is -0.309 e. The summed E-state index contributed by atoms with van der Waals surface area (Å²) in [5.74, 6) is 2.33. The lowest BCUT2D eigenvalue weighted by molar-refractivity contribution is 0.578. The van der Waals surface area contributed by atoms with Crippen LogP contribution in [0.2, 0.25) is 0 Å². The minimum absolute atomic E-state index is 0.467. The van der Waals surface area contributed by atoms with Gasteiger partial charge in [-0.1, -0.05) is 50.2 Å². The van der Waals surface area contributed by atoms with Crippen molar-refractivity contribution in [2.24, 2.45) is 0 Å². The number of benzene rings is 2. The van der Waals surface area contributed by atoms with Gasteiger partial charge in [-0.25, -0.2) is 0 Å². The van der Waals surface area contributed by atoms with Crippen LogP contribution >= 0.6 is 11.8 Å². The van der Waals surface area contributed by atoms with Crippen molar-refractivity contribution in [3.05, 3.63) is 48.0 Å². The molecule has 2 heteroatoms. The molecule has 0 amide bonds. The van der Waals surface area contributed by atoms with E-state index in [0.29, 0.717) is 6.04 Å². The fraction of sp³-hybridized carbons (Fsp3) is 0.412. The van der Waals surface area contributed by atoms with Crippen LogP contribution < -0.4 is 5.32 Å². The molecule has 1 atom stereocenters. The molecule has 0 heterocycles. The van der Waals surface area contributed by atoms with Crippen molar-refractivity contribution in [1.29, 1.82) is 0 Å². The van der Waals surface area contributed by atoms with Gasteiger partial charge in [-0.15, -0.1) is 0 Å². The molecule has 1 N–H and O–H groups in total. The number of rotatable bonds is 7. The van der Waals surface area contributed by atoms with Crippen LogP contribution in [0.25, 0.3) is 10.8 Å². The van der Waals surface area contributed by atoms with Gasteiger partial charge in [0, 0.05) is 11.8 Å². The highest BCUT2D eigenvalue weighted by molar-refractivity contribution is 7.99. The maximum absolute atomic E-state index is 3.66. The molecule has 0 saturated heterocycles. The molecule has 0 saturated carbocycles. The van der Waals surface area contributed by atoms with Crippen LogP contribution in [0.3, 0.4) is 0 Å². The Morgan fingerprint density at radius 1 is 1.05 bits per heavy atom. The molecule has 2 aromatic carbocycles. The number of fused-ring (bicyclic) bond motifs is 1. The molecular formula is C17H23NS. The normalized spacial score (nSPS) is 12.7. The molecule has 0 spiro atoms. The SMILES string of the molecule is CCCNC(CSCC)c1ccc2ccccc2c1. The molecule has 0 aliphatic carbocycles. The minimum atomic E-state index is 0.467. The Morgan fingerprint density at radius 3 is 2.58 bits per heavy atom. The van der Waals surface area contributed by atoms with Crippen LogP contribution in [-0.4, -0.2) is 18.1 Å². The Hall–Kier alpha value is -0.990. The zero-order valence-corrected chi connectivity index (χ0v) is 12.7. The molecule has 102 valence electrons. The van der Waals surface area contributed by atoms with Crippen LogP contribution in [0, 0.1) is 0 Å². The van der Waals surface area contributed by atoms with Gasteiger partial charge in [0.25, 0.3) is 0 Å². The summed E-state index contributed by atoms with van der Waals surface area (Å²) < 4.78 is 0. The Morgan fingerprint density at radius 2 is 1.84 bits per heavy atom. The van der Waals surface area contributed by atoms with E-state index in [-0.39, 0.29) is 0 Å². The van der Waals surface area contributed by atoms with Crippen LogP contribution in [0.4, 0.5) is 0 Å². The lowest BCUT2D eigenvalue weighted by atomic mass is 10.0. The maximum atomic E-state index is 3.66. The number of nitrogens with one attached hydrogen (secondary N) is 1. The van der Waals surface area contributed by atoms with Gasteiger partial charge in [-0.05, 0) is 41.1 Å². The van der Waals surface area contributed by atoms with Gasteiger partial charge in [-0.2, -0.15) is 11.8 Å². The molecule has 19 heavy (non-hydrogen) atoms. The van der Waals surface area contributed by atoms with Crippen LogP contribution in [-0.2, 0) is 0 Å². The first-order valence-electron chi connectivity index (χ1n) is 7.15. The van der Waals surface area contributed by atoms with E-state index in [4.69, 9.17) is 0 Å². The van der Waals surface area contributed by atoms with Gasteiger partial charge in [0.1, 0.15) is 0 Å². The second-order valence-corrected chi connectivity index (χ2v) is 6.09. The van der Waals surface area contributed by atoms with Crippen molar-refractivity contribution in [1.82, 2.24) is 5.32 Å². The summed E-state index contributed by atoms with van der Waals surface area (Å²) in [5, 5.41) is 6.32. The third-order valence-corrected chi connectivity index (χ3v) is 4.28. The topological polar surface area (TPSA) is 12.0 Å². The lowest BCUT2D eigenvalue weighted by Crippen LogP contribution is -2.24. The fourth-order valence-electron chi connectivity index (χ4n) is 2.25. The molecule has 2 rings (SSSR count). The fourth-order valence-corrected chi connectivity index (χ4v) is 3.03. The average Bonchev–Trinajstić information content (AvgIpc) is 2.47. The molecule has 0 aliphatic heterocycles. The van der Waals surface area contributed by atoms with Crippen molar-refractivity contribution < 1.29 is 0 Å². The predicted molar refractivity (Wildman–Crippen MR) is 88.0 cm³/mol. The largest absolute Gasteiger partial charge is 0.309 e. The van der Waals surface area contributed by atoms with Gasteiger partial charge in [-0.3, -0.25) is 0 Å². The summed E-state index contributed by atoms with van der Waals surface area (Å²) in [4.78, 5) is 0. The van der Waals surface area contributed by atoms with E-state index in [0.717, 1.165) is 12.3 Å². The number of hydrogen-bond acceptors (Lipinski definition) is 2. The van der Waals surface area contributed by atoms with E-state index in [1.54, 1.807) is 0 Å². The van der Waals surface area contributed by atoms with E-state index < -0.39 is 0 Å². The zero-order valence-electron chi connectivity index (χ0n) is 11.9. The summed E-state index contributed by atoms with van der Waals surface area (Å²) in [6.45, 7) is 5.53. The van der Waals surface area contributed by atoms with E-state index in [1.165, 1.54) is 28.5 Å². The Kier molecular flexibility index (Phi) is 5.74. The van der Waals surface area contributed by atoms with E-state index in [9.17, 15) is 0 Å². The van der Waals surface area contributed by atoms with E-state index >= 15 is 0 Å². The third kappa shape index (κ3) is 3.99. The first-order chi connectivity index (χ1) is 9.35. The molecular weight excluding hydrogens is 250 g/mol. The molecule has 0 aliphatic rings. The Bertz CT molecular complexity index is 501. The number of thioether (sulfide) groups is 1. The van der Waals surface area contributed by atoms with Gasteiger partial charge in [0.15, 0.2) is 0 Å². The van der Waals surface area contributed by atoms with Gasteiger partial charge in [0.05, 0.1) is 0 Å². The standard InChI is InChI=1S/C17H23NS/c1-3-11-18-17(13-19-4-2)16-10-9-14-7-5-6-8-15(14)12-16/h5-10,12,17-18H,3-4,11,13H2,1-2H3. The summed E-state index contributed by atoms with van der Waals surface area (Å²) in [7, 11) is 0. The monoisotopic (exact) mass is 273 g/mol. The zero-order chi connectivity index (χ0) is 13.5. The number of hydrogen-bond donors (Lipinski definition) is 1. The first kappa shape index (κ1) is 14.4. The third-order valence-electron chi connectivity index (χ3n) is 3.31. The summed E-state index contributed by atoms with van der Waals surface area (Å²) >= 11 is 2.00. The maximum Gasteiger partial charge on any atom is 0.0412 e. The lowest BCUT2D eigenvalue weighted by Gasteiger charge is -2.19. The van der Waals surface area contributed by atoms with Gasteiger partial charge in [0.2, 0.25) is 0 Å². The molecule has 0 aromatic heterocycles. The predicted octanol–water partition coefficient (Wildman–Crippen LogP) is 4.63. The van der Waals surface area contributed by atoms with Crippen LogP contribution in [0.1, 0.15) is 31.9 Å². The van der Waals surface area contributed by atoms with Crippen molar-refractivity contribution >= 4 is 22.5 Å². The summed E-state index contributed by atoms with van der Waals surface area (Å²) in [6.07, 6.45) is 1.18. The van der Waals surface area contributed by atoms with Gasteiger partial charge >= 0.3 is 0 Å². The van der Waals surface area contributed by atoms with Crippen molar-refractivity contribution in [2.45, 2.75) is 26.3 Å². The first-order valence-corrected chi connectivity index (χ1v) is 8.30. The molecule has 1 unspecified atom stereocenters. The Labute approximate surface area is 120 Å². The molecule has 1 nitrogen and oxygen atoms in total. The van der Waals surface area contributed by atoms with Crippen LogP contribution in [0.15, 0.2) is 42.5 Å². The summed E-state index contributed by atoms with van der Waals surface area (Å²) in [6, 6.07) is 15.9. The quantitative estimate of drug-likeness (QED) is 0.789. The highest BCUT2D eigenvalue weighted by atomic mass is 32.2. The van der Waals surface area contributed by atoms with Gasteiger partial charge < -0.3 is 5.32 Å². The molecule has 0 fully saturated rings.